The van der Waals surface area contributed by atoms with Crippen LogP contribution in [-0.4, -0.2) is 23.5 Å². The second-order valence-corrected chi connectivity index (χ2v) is 5.63. The molecule has 8 heteroatoms. The number of aliphatic imine (C=N–C) groups is 1. The molecule has 2 aromatic carbocycles. The van der Waals surface area contributed by atoms with Crippen molar-refractivity contribution >= 4 is 35.1 Å². The van der Waals surface area contributed by atoms with Crippen molar-refractivity contribution < 1.29 is 9.13 Å². The van der Waals surface area contributed by atoms with Crippen LogP contribution in [0.5, 0.6) is 5.75 Å². The van der Waals surface area contributed by atoms with Gasteiger partial charge in [0.1, 0.15) is 11.6 Å². The van der Waals surface area contributed by atoms with Crippen LogP contribution in [0, 0.1) is 17.1 Å². The summed E-state index contributed by atoms with van der Waals surface area (Å²) >= 11 is 5.95. The van der Waals surface area contributed by atoms with E-state index in [2.05, 4.69) is 20.5 Å². The predicted octanol–water partition coefficient (Wildman–Crippen LogP) is 4.58. The van der Waals surface area contributed by atoms with Crippen molar-refractivity contribution in [1.29, 1.82) is 5.26 Å². The molecule has 0 aliphatic rings. The number of halogens is 2. The molecule has 1 heterocycles. The number of benzene rings is 2. The number of aromatic nitrogens is 2. The minimum absolute atomic E-state index is 0.148. The van der Waals surface area contributed by atoms with E-state index in [0.29, 0.717) is 22.1 Å². The molecular weight excluding hydrogens is 357 g/mol. The third-order valence-corrected chi connectivity index (χ3v) is 3.70. The molecule has 1 aromatic heterocycles. The highest BCUT2D eigenvalue weighted by Crippen LogP contribution is 2.27. The zero-order chi connectivity index (χ0) is 18.5. The van der Waals surface area contributed by atoms with Gasteiger partial charge in [0.05, 0.1) is 7.11 Å². The van der Waals surface area contributed by atoms with Gasteiger partial charge in [-0.25, -0.2) is 9.38 Å². The summed E-state index contributed by atoms with van der Waals surface area (Å²) in [6.45, 7) is 0. The van der Waals surface area contributed by atoms with Gasteiger partial charge < -0.3 is 10.1 Å². The summed E-state index contributed by atoms with van der Waals surface area (Å²) < 4.78 is 18.6. The molecule has 0 aliphatic heterocycles. The van der Waals surface area contributed by atoms with E-state index in [1.807, 2.05) is 6.07 Å². The summed E-state index contributed by atoms with van der Waals surface area (Å²) in [5, 5.41) is 19.7. The normalized spacial score (nSPS) is 10.7. The van der Waals surface area contributed by atoms with Crippen LogP contribution >= 0.6 is 11.6 Å². The summed E-state index contributed by atoms with van der Waals surface area (Å²) in [4.78, 5) is 4.18. The SMILES string of the molecule is COc1ccc(/C=N/c2[nH]nc(Nc3cccc(Cl)c3)c2C#N)cc1F. The Bertz CT molecular complexity index is 1010. The Hall–Kier alpha value is -3.37. The van der Waals surface area contributed by atoms with E-state index in [0.717, 1.165) is 0 Å². The standard InChI is InChI=1S/C18H13ClFN5O/c1-26-16-6-5-11(7-15(16)20)10-22-17-14(9-21)18(25-24-17)23-13-4-2-3-12(19)8-13/h2-8,10H,1H3,(H2,23,24,25)/b22-10+. The first kappa shape index (κ1) is 17.5. The van der Waals surface area contributed by atoms with Crippen LogP contribution in [0.1, 0.15) is 11.1 Å². The fourth-order valence-corrected chi connectivity index (χ4v) is 2.42. The number of nitrogens with one attached hydrogen (secondary N) is 2. The summed E-state index contributed by atoms with van der Waals surface area (Å²) in [7, 11) is 1.39. The Kier molecular flexibility index (Phi) is 5.15. The Morgan fingerprint density at radius 1 is 1.35 bits per heavy atom. The van der Waals surface area contributed by atoms with Crippen molar-refractivity contribution in [2.24, 2.45) is 4.99 Å². The molecule has 0 saturated carbocycles. The van der Waals surface area contributed by atoms with E-state index in [4.69, 9.17) is 16.3 Å². The van der Waals surface area contributed by atoms with Gasteiger partial charge in [-0.3, -0.25) is 5.10 Å². The zero-order valence-electron chi connectivity index (χ0n) is 13.6. The Balaban J connectivity index is 1.84. The van der Waals surface area contributed by atoms with Gasteiger partial charge in [0.2, 0.25) is 0 Å². The first-order valence-corrected chi connectivity index (χ1v) is 7.87. The largest absolute Gasteiger partial charge is 0.494 e. The molecule has 0 bridgehead atoms. The van der Waals surface area contributed by atoms with Crippen molar-refractivity contribution in [2.75, 3.05) is 12.4 Å². The molecule has 0 aliphatic carbocycles. The van der Waals surface area contributed by atoms with Crippen LogP contribution < -0.4 is 10.1 Å². The monoisotopic (exact) mass is 369 g/mol. The molecule has 6 nitrogen and oxygen atoms in total. The summed E-state index contributed by atoms with van der Waals surface area (Å²) in [5.74, 6) is 0.232. The maximum Gasteiger partial charge on any atom is 0.172 e. The van der Waals surface area contributed by atoms with Crippen LogP contribution in [-0.2, 0) is 0 Å². The van der Waals surface area contributed by atoms with Gasteiger partial charge in [-0.05, 0) is 42.0 Å². The molecular formula is C18H13ClFN5O. The van der Waals surface area contributed by atoms with E-state index in [1.54, 1.807) is 30.3 Å². The molecule has 0 unspecified atom stereocenters. The lowest BCUT2D eigenvalue weighted by Gasteiger charge is -2.03. The van der Waals surface area contributed by atoms with Gasteiger partial charge in [-0.2, -0.15) is 10.4 Å². The fraction of sp³-hybridized carbons (Fsp3) is 0.0556. The van der Waals surface area contributed by atoms with E-state index in [1.165, 1.54) is 25.5 Å². The molecule has 0 fully saturated rings. The molecule has 3 rings (SSSR count). The van der Waals surface area contributed by atoms with E-state index in [-0.39, 0.29) is 17.1 Å². The van der Waals surface area contributed by atoms with Crippen molar-refractivity contribution in [3.63, 3.8) is 0 Å². The number of nitriles is 1. The van der Waals surface area contributed by atoms with E-state index in [9.17, 15) is 9.65 Å². The molecule has 130 valence electrons. The van der Waals surface area contributed by atoms with Gasteiger partial charge in [0.25, 0.3) is 0 Å². The molecule has 3 aromatic rings. The van der Waals surface area contributed by atoms with Crippen LogP contribution in [0.25, 0.3) is 0 Å². The number of ether oxygens (including phenoxy) is 1. The highest BCUT2D eigenvalue weighted by molar-refractivity contribution is 6.30. The molecule has 0 radical (unpaired) electrons. The van der Waals surface area contributed by atoms with Crippen molar-refractivity contribution in [2.45, 2.75) is 0 Å². The quantitative estimate of drug-likeness (QED) is 0.644. The minimum atomic E-state index is -0.495. The lowest BCUT2D eigenvalue weighted by atomic mass is 10.2. The minimum Gasteiger partial charge on any atom is -0.494 e. The number of rotatable bonds is 5. The number of nitrogens with zero attached hydrogens (tertiary/aromatic N) is 3. The summed E-state index contributed by atoms with van der Waals surface area (Å²) in [5.41, 5.74) is 1.44. The molecule has 0 spiro atoms. The maximum absolute atomic E-state index is 13.7. The Morgan fingerprint density at radius 2 is 2.19 bits per heavy atom. The zero-order valence-corrected chi connectivity index (χ0v) is 14.4. The lowest BCUT2D eigenvalue weighted by molar-refractivity contribution is 0.386. The van der Waals surface area contributed by atoms with Gasteiger partial charge in [-0.15, -0.1) is 0 Å². The van der Waals surface area contributed by atoms with Crippen LogP contribution in [0.2, 0.25) is 5.02 Å². The van der Waals surface area contributed by atoms with E-state index < -0.39 is 5.82 Å². The summed E-state index contributed by atoms with van der Waals surface area (Å²) in [6, 6.07) is 13.5. The first-order chi connectivity index (χ1) is 12.6. The van der Waals surface area contributed by atoms with Crippen molar-refractivity contribution in [3.8, 4) is 11.8 Å². The van der Waals surface area contributed by atoms with Crippen molar-refractivity contribution in [3.05, 3.63) is 64.4 Å². The lowest BCUT2D eigenvalue weighted by Crippen LogP contribution is -1.92. The third-order valence-electron chi connectivity index (χ3n) is 3.46. The number of H-pyrrole nitrogens is 1. The molecule has 0 amide bonds. The Labute approximate surface area is 153 Å². The number of anilines is 2. The fourth-order valence-electron chi connectivity index (χ4n) is 2.23. The first-order valence-electron chi connectivity index (χ1n) is 7.49. The average molecular weight is 370 g/mol. The van der Waals surface area contributed by atoms with Gasteiger partial charge in [0, 0.05) is 16.9 Å². The van der Waals surface area contributed by atoms with Gasteiger partial charge >= 0.3 is 0 Å². The molecule has 2 N–H and O–H groups in total. The van der Waals surface area contributed by atoms with Crippen molar-refractivity contribution in [1.82, 2.24) is 10.2 Å². The number of aromatic amines is 1. The predicted molar refractivity (Wildman–Crippen MR) is 98.2 cm³/mol. The smallest absolute Gasteiger partial charge is 0.172 e. The number of hydrogen-bond donors (Lipinski definition) is 2. The van der Waals surface area contributed by atoms with Gasteiger partial charge in [0.15, 0.2) is 23.2 Å². The third kappa shape index (κ3) is 3.82. The highest BCUT2D eigenvalue weighted by atomic mass is 35.5. The second-order valence-electron chi connectivity index (χ2n) is 5.20. The Morgan fingerprint density at radius 3 is 2.88 bits per heavy atom. The van der Waals surface area contributed by atoms with E-state index >= 15 is 0 Å². The highest BCUT2D eigenvalue weighted by Gasteiger charge is 2.12. The van der Waals surface area contributed by atoms with Gasteiger partial charge in [-0.1, -0.05) is 17.7 Å². The van der Waals surface area contributed by atoms with Crippen LogP contribution in [0.4, 0.5) is 21.7 Å². The molecule has 0 saturated heterocycles. The summed E-state index contributed by atoms with van der Waals surface area (Å²) in [6.07, 6.45) is 1.43. The topological polar surface area (TPSA) is 86.1 Å². The number of hydrogen-bond acceptors (Lipinski definition) is 5. The second kappa shape index (κ2) is 7.68. The maximum atomic E-state index is 13.7. The average Bonchev–Trinajstić information content (AvgIpc) is 3.01. The molecule has 26 heavy (non-hydrogen) atoms. The number of methoxy groups -OCH3 is 1. The van der Waals surface area contributed by atoms with Crippen LogP contribution in [0.3, 0.4) is 0 Å². The van der Waals surface area contributed by atoms with Crippen LogP contribution in [0.15, 0.2) is 47.5 Å². The molecule has 0 atom stereocenters.